The summed E-state index contributed by atoms with van der Waals surface area (Å²) in [5, 5.41) is 27.5. The molecule has 2 radical (unpaired) electrons. The highest BCUT2D eigenvalue weighted by Crippen LogP contribution is 2.53. The van der Waals surface area contributed by atoms with Gasteiger partial charge in [0.05, 0.1) is 12.2 Å². The van der Waals surface area contributed by atoms with Crippen molar-refractivity contribution in [2.24, 2.45) is 0 Å². The van der Waals surface area contributed by atoms with Crippen molar-refractivity contribution >= 4 is 13.6 Å². The predicted octanol–water partition coefficient (Wildman–Crippen LogP) is 4.66. The van der Waals surface area contributed by atoms with E-state index in [1.54, 1.807) is 0 Å². The average molecular weight is 403 g/mol. The Bertz CT molecular complexity index is 519. The first-order chi connectivity index (χ1) is 11.9. The molecule has 0 bridgehead atoms. The molecule has 2 saturated heterocycles. The molecule has 0 aromatic rings. The van der Waals surface area contributed by atoms with Gasteiger partial charge in [-0.15, -0.1) is 20.5 Å². The van der Waals surface area contributed by atoms with Crippen LogP contribution in [0.5, 0.6) is 0 Å². The van der Waals surface area contributed by atoms with Gasteiger partial charge in [-0.25, -0.2) is 0 Å². The van der Waals surface area contributed by atoms with Crippen LogP contribution in [0.15, 0.2) is 0 Å². The molecule has 0 aromatic heterocycles. The molecule has 6 nitrogen and oxygen atoms in total. The quantitative estimate of drug-likeness (QED) is 0.642. The van der Waals surface area contributed by atoms with Gasteiger partial charge in [0.2, 0.25) is 0 Å². The molecular formula is C20H39N2O4P. The number of rotatable bonds is 4. The van der Waals surface area contributed by atoms with E-state index in [2.05, 4.69) is 6.30 Å². The first-order valence-electron chi connectivity index (χ1n) is 9.91. The second-order valence-corrected chi connectivity index (χ2v) is 13.6. The van der Waals surface area contributed by atoms with Gasteiger partial charge in [-0.3, -0.25) is 0 Å². The van der Waals surface area contributed by atoms with E-state index in [0.717, 1.165) is 0 Å². The fourth-order valence-electron chi connectivity index (χ4n) is 5.15. The maximum atomic E-state index is 12.6. The van der Waals surface area contributed by atoms with E-state index in [-0.39, 0.29) is 12.2 Å². The van der Waals surface area contributed by atoms with Gasteiger partial charge in [-0.1, -0.05) is 6.30 Å². The second-order valence-electron chi connectivity index (χ2n) is 11.1. The Labute approximate surface area is 165 Å². The summed E-state index contributed by atoms with van der Waals surface area (Å²) in [5.41, 5.74) is -1.93. The molecule has 2 rings (SSSR count). The average Bonchev–Trinajstić information content (AvgIpc) is 2.39. The van der Waals surface area contributed by atoms with Gasteiger partial charge in [0.1, 0.15) is 7.34 Å². The third-order valence-electron chi connectivity index (χ3n) is 5.85. The summed E-state index contributed by atoms with van der Waals surface area (Å²) in [7, 11) is -2.34. The van der Waals surface area contributed by atoms with E-state index in [9.17, 15) is 10.4 Å². The third kappa shape index (κ3) is 5.16. The van der Waals surface area contributed by atoms with E-state index in [1.165, 1.54) is 10.1 Å². The summed E-state index contributed by atoms with van der Waals surface area (Å²) in [6.45, 7) is 17.7. The van der Waals surface area contributed by atoms with Crippen LogP contribution in [-0.4, -0.2) is 57.5 Å². The number of nitrogens with zero attached hydrogens (tertiary/aromatic N) is 2. The van der Waals surface area contributed by atoms with Crippen LogP contribution in [0.2, 0.25) is 0 Å². The van der Waals surface area contributed by atoms with Gasteiger partial charge >= 0.3 is 0 Å². The minimum Gasteiger partial charge on any atom is -0.334 e. The fraction of sp³-hybridized carbons (Fsp3) is 0.950. The molecular weight excluding hydrogens is 363 g/mol. The van der Waals surface area contributed by atoms with Gasteiger partial charge < -0.3 is 9.05 Å². The van der Waals surface area contributed by atoms with Crippen LogP contribution in [0.4, 0.5) is 0 Å². The summed E-state index contributed by atoms with van der Waals surface area (Å²) >= 11 is 0. The van der Waals surface area contributed by atoms with Crippen LogP contribution in [0.25, 0.3) is 0 Å². The monoisotopic (exact) mass is 402 g/mol. The molecule has 2 aliphatic heterocycles. The van der Waals surface area contributed by atoms with Gasteiger partial charge in [-0.05, 0) is 81.1 Å². The highest BCUT2D eigenvalue weighted by molar-refractivity contribution is 7.63. The Balaban J connectivity index is 2.08. The molecule has 0 saturated carbocycles. The SMILES string of the molecule is C=P(C)(OC1CC(C)(C)N([O])C(C)(C)C1)OC1CC(C)(C)N([O])C(C)(C)C1. The normalized spacial score (nSPS) is 29.7. The van der Waals surface area contributed by atoms with Gasteiger partial charge in [0, 0.05) is 28.8 Å². The van der Waals surface area contributed by atoms with Crippen molar-refractivity contribution in [1.29, 1.82) is 0 Å². The largest absolute Gasteiger partial charge is 0.334 e. The molecule has 2 fully saturated rings. The number of hydrogen-bond donors (Lipinski definition) is 0. The van der Waals surface area contributed by atoms with Gasteiger partial charge in [0.25, 0.3) is 0 Å². The smallest absolute Gasteiger partial charge is 0.115 e. The lowest BCUT2D eigenvalue weighted by Crippen LogP contribution is -2.60. The number of hydroxylamine groups is 4. The van der Waals surface area contributed by atoms with Crippen LogP contribution in [0.1, 0.15) is 81.1 Å². The molecule has 27 heavy (non-hydrogen) atoms. The minimum absolute atomic E-state index is 0.0587. The third-order valence-corrected chi connectivity index (χ3v) is 7.34. The Hall–Kier alpha value is 0.0600. The lowest BCUT2D eigenvalue weighted by atomic mass is 9.80. The highest BCUT2D eigenvalue weighted by atomic mass is 31.2. The topological polar surface area (TPSA) is 64.7 Å². The van der Waals surface area contributed by atoms with E-state index < -0.39 is 29.5 Å². The molecule has 0 spiro atoms. The molecule has 0 atom stereocenters. The zero-order chi connectivity index (χ0) is 21.1. The van der Waals surface area contributed by atoms with Crippen molar-refractivity contribution in [2.45, 2.75) is 115 Å². The van der Waals surface area contributed by atoms with Crippen molar-refractivity contribution in [3.8, 4) is 0 Å². The summed E-state index contributed by atoms with van der Waals surface area (Å²) < 4.78 is 12.8. The highest BCUT2D eigenvalue weighted by Gasteiger charge is 2.49. The Morgan fingerprint density at radius 1 is 0.704 bits per heavy atom. The first-order valence-corrected chi connectivity index (χ1v) is 12.2. The zero-order valence-electron chi connectivity index (χ0n) is 18.7. The van der Waals surface area contributed by atoms with Crippen LogP contribution in [-0.2, 0) is 19.5 Å². The van der Waals surface area contributed by atoms with Crippen molar-refractivity contribution in [1.82, 2.24) is 10.1 Å². The molecule has 2 heterocycles. The molecule has 0 unspecified atom stereocenters. The summed E-state index contributed by atoms with van der Waals surface area (Å²) in [6, 6.07) is 0. The fourth-order valence-corrected chi connectivity index (χ4v) is 6.76. The molecule has 7 heteroatoms. The van der Waals surface area contributed by atoms with Crippen molar-refractivity contribution in [3.63, 3.8) is 0 Å². The standard InChI is InChI=1S/C20H39N2O4P/c1-17(2)11-15(12-18(3,4)21(17)23)25-27(9,10)26-16-13-19(5,6)22(24)20(7,8)14-16/h15-16H,9,11-14H2,1-8,10H3. The van der Waals surface area contributed by atoms with Crippen LogP contribution >= 0.6 is 7.34 Å². The van der Waals surface area contributed by atoms with Crippen molar-refractivity contribution in [3.05, 3.63) is 0 Å². The molecule has 0 aliphatic carbocycles. The lowest BCUT2D eigenvalue weighted by molar-refractivity contribution is -0.299. The Morgan fingerprint density at radius 2 is 0.926 bits per heavy atom. The molecule has 2 aliphatic rings. The number of piperidine rings is 2. The zero-order valence-corrected chi connectivity index (χ0v) is 19.6. The van der Waals surface area contributed by atoms with Crippen LogP contribution in [0.3, 0.4) is 0 Å². The maximum Gasteiger partial charge on any atom is 0.115 e. The first kappa shape index (κ1) is 23.3. The molecule has 0 N–H and O–H groups in total. The van der Waals surface area contributed by atoms with Crippen molar-refractivity contribution < 1.29 is 19.5 Å². The molecule has 0 aromatic carbocycles. The van der Waals surface area contributed by atoms with Crippen LogP contribution < -0.4 is 0 Å². The summed E-state index contributed by atoms with van der Waals surface area (Å²) in [6.07, 6.45) is 6.78. The minimum atomic E-state index is -2.34. The lowest BCUT2D eigenvalue weighted by Gasteiger charge is -2.51. The van der Waals surface area contributed by atoms with Crippen LogP contribution in [0, 0.1) is 0 Å². The summed E-state index contributed by atoms with van der Waals surface area (Å²) in [4.78, 5) is 0. The summed E-state index contributed by atoms with van der Waals surface area (Å²) in [5.74, 6) is 0. The second kappa shape index (κ2) is 7.09. The Morgan fingerprint density at radius 3 is 1.15 bits per heavy atom. The van der Waals surface area contributed by atoms with E-state index in [4.69, 9.17) is 9.05 Å². The molecule has 158 valence electrons. The van der Waals surface area contributed by atoms with Gasteiger partial charge in [0.15, 0.2) is 0 Å². The van der Waals surface area contributed by atoms with E-state index in [1.807, 2.05) is 62.1 Å². The Kier molecular flexibility index (Phi) is 6.13. The maximum absolute atomic E-state index is 12.6. The van der Waals surface area contributed by atoms with E-state index in [0.29, 0.717) is 25.7 Å². The number of hydrogen-bond acceptors (Lipinski definition) is 4. The van der Waals surface area contributed by atoms with Gasteiger partial charge in [-0.2, -0.15) is 0 Å². The van der Waals surface area contributed by atoms with E-state index >= 15 is 0 Å². The van der Waals surface area contributed by atoms with Crippen molar-refractivity contribution in [2.75, 3.05) is 6.66 Å². The predicted molar refractivity (Wildman–Crippen MR) is 110 cm³/mol. The molecule has 0 amide bonds.